The predicted molar refractivity (Wildman–Crippen MR) is 74.1 cm³/mol. The molecule has 1 aromatic heterocycles. The number of aromatic nitrogens is 1. The molecule has 1 aromatic rings. The number of nitrogens with one attached hydrogen (secondary N) is 1. The number of amides is 2. The molecule has 21 heavy (non-hydrogen) atoms. The van der Waals surface area contributed by atoms with Crippen LogP contribution in [0.1, 0.15) is 26.7 Å². The van der Waals surface area contributed by atoms with Crippen LogP contribution in [0, 0.1) is 0 Å². The molecule has 0 spiro atoms. The number of unbranched alkanes of at least 4 members (excludes halogenated alkanes) is 1. The Bertz CT molecular complexity index is 505. The Morgan fingerprint density at radius 1 is 1.52 bits per heavy atom. The van der Waals surface area contributed by atoms with Crippen molar-refractivity contribution in [2.24, 2.45) is 5.73 Å². The summed E-state index contributed by atoms with van der Waals surface area (Å²) in [7, 11) is 0. The summed E-state index contributed by atoms with van der Waals surface area (Å²) >= 11 is 0. The van der Waals surface area contributed by atoms with Crippen LogP contribution in [0.4, 0.5) is 4.79 Å². The maximum Gasteiger partial charge on any atom is 0.420 e. The van der Waals surface area contributed by atoms with E-state index in [1.54, 1.807) is 0 Å². The number of carbonyl (C=O) groups excluding carboxylic acids is 2. The monoisotopic (exact) mass is 297 g/mol. The summed E-state index contributed by atoms with van der Waals surface area (Å²) in [5.74, 6) is -1.30. The highest BCUT2D eigenvalue weighted by atomic mass is 16.6. The molecule has 116 valence electrons. The lowest BCUT2D eigenvalue weighted by atomic mass is 10.3. The molecular weight excluding hydrogens is 278 g/mol. The van der Waals surface area contributed by atoms with Gasteiger partial charge in [0.25, 0.3) is 5.88 Å². The lowest BCUT2D eigenvalue weighted by Crippen LogP contribution is -2.42. The Balaban J connectivity index is 2.68. The van der Waals surface area contributed by atoms with E-state index >= 15 is 0 Å². The first kappa shape index (κ1) is 16.7. The van der Waals surface area contributed by atoms with Crippen LogP contribution in [0.25, 0.3) is 0 Å². The van der Waals surface area contributed by atoms with Gasteiger partial charge in [0.2, 0.25) is 11.7 Å². The van der Waals surface area contributed by atoms with E-state index in [-0.39, 0.29) is 11.6 Å². The lowest BCUT2D eigenvalue weighted by Gasteiger charge is -2.11. The summed E-state index contributed by atoms with van der Waals surface area (Å²) in [6.07, 6.45) is 2.00. The number of carbonyl (C=O) groups is 2. The average Bonchev–Trinajstić information content (AvgIpc) is 2.42. The highest BCUT2D eigenvalue weighted by molar-refractivity contribution is 5.95. The molecule has 0 aromatic carbocycles. The van der Waals surface area contributed by atoms with Crippen molar-refractivity contribution in [1.82, 2.24) is 10.3 Å². The maximum atomic E-state index is 11.4. The molecule has 4 N–H and O–H groups in total. The van der Waals surface area contributed by atoms with Crippen molar-refractivity contribution in [2.75, 3.05) is 6.61 Å². The van der Waals surface area contributed by atoms with Crippen LogP contribution in [-0.4, -0.2) is 34.7 Å². The van der Waals surface area contributed by atoms with Gasteiger partial charge in [0.05, 0.1) is 12.6 Å². The summed E-state index contributed by atoms with van der Waals surface area (Å²) in [5.41, 5.74) is 5.29. The van der Waals surface area contributed by atoms with Crippen LogP contribution in [0.15, 0.2) is 12.3 Å². The number of rotatable bonds is 6. The van der Waals surface area contributed by atoms with Gasteiger partial charge in [0, 0.05) is 12.3 Å². The van der Waals surface area contributed by atoms with Gasteiger partial charge in [0.15, 0.2) is 5.75 Å². The van der Waals surface area contributed by atoms with E-state index in [4.69, 9.17) is 15.2 Å². The number of nitrogens with zero attached hydrogens (tertiary/aromatic N) is 1. The topological polar surface area (TPSA) is 124 Å². The van der Waals surface area contributed by atoms with Gasteiger partial charge < -0.3 is 20.3 Å². The Kier molecular flexibility index (Phi) is 6.41. The molecule has 0 aliphatic carbocycles. The van der Waals surface area contributed by atoms with E-state index in [9.17, 15) is 14.7 Å². The fraction of sp³-hybridized carbons (Fsp3) is 0.462. The van der Waals surface area contributed by atoms with Crippen LogP contribution in [0.5, 0.6) is 17.4 Å². The third-order valence-corrected chi connectivity index (χ3v) is 2.44. The highest BCUT2D eigenvalue weighted by Gasteiger charge is 2.18. The molecule has 8 nitrogen and oxygen atoms in total. The van der Waals surface area contributed by atoms with E-state index in [1.165, 1.54) is 19.2 Å². The summed E-state index contributed by atoms with van der Waals surface area (Å²) in [4.78, 5) is 26.4. The highest BCUT2D eigenvalue weighted by Crippen LogP contribution is 2.33. The van der Waals surface area contributed by atoms with Crippen molar-refractivity contribution >= 4 is 12.0 Å². The van der Waals surface area contributed by atoms with Crippen LogP contribution in [0.3, 0.4) is 0 Å². The minimum absolute atomic E-state index is 0.153. The standard InChI is InChI=1S/C13H19N3O5/c1-3-4-7-20-9-5-6-15-12(10(9)17)21-13(19)16-11(18)8(2)14/h5-6,8,17H,3-4,7,14H2,1-2H3,(H,16,18,19)/t8-/m0/s1. The molecular formula is C13H19N3O5. The maximum absolute atomic E-state index is 11.4. The van der Waals surface area contributed by atoms with E-state index in [1.807, 2.05) is 12.2 Å². The Morgan fingerprint density at radius 2 is 2.24 bits per heavy atom. The van der Waals surface area contributed by atoms with Gasteiger partial charge in [-0.2, -0.15) is 0 Å². The molecule has 1 rings (SSSR count). The predicted octanol–water partition coefficient (Wildman–Crippen LogP) is 0.928. The van der Waals surface area contributed by atoms with Crippen molar-refractivity contribution in [2.45, 2.75) is 32.7 Å². The van der Waals surface area contributed by atoms with Crippen LogP contribution in [-0.2, 0) is 4.79 Å². The number of hydrogen-bond donors (Lipinski definition) is 3. The van der Waals surface area contributed by atoms with Crippen molar-refractivity contribution < 1.29 is 24.2 Å². The third kappa shape index (κ3) is 5.27. The average molecular weight is 297 g/mol. The Morgan fingerprint density at radius 3 is 2.86 bits per heavy atom. The second-order valence-electron chi connectivity index (χ2n) is 4.33. The van der Waals surface area contributed by atoms with Crippen molar-refractivity contribution in [1.29, 1.82) is 0 Å². The van der Waals surface area contributed by atoms with E-state index in [0.29, 0.717) is 6.61 Å². The van der Waals surface area contributed by atoms with E-state index in [2.05, 4.69) is 4.98 Å². The number of hydrogen-bond acceptors (Lipinski definition) is 7. The third-order valence-electron chi connectivity index (χ3n) is 2.44. The number of imide groups is 1. The largest absolute Gasteiger partial charge is 0.501 e. The number of ether oxygens (including phenoxy) is 2. The first-order valence-corrected chi connectivity index (χ1v) is 6.54. The normalized spacial score (nSPS) is 11.6. The molecule has 0 radical (unpaired) electrons. The van der Waals surface area contributed by atoms with E-state index in [0.717, 1.165) is 12.8 Å². The summed E-state index contributed by atoms with van der Waals surface area (Å²) in [6, 6.07) is 0.589. The fourth-order valence-electron chi connectivity index (χ4n) is 1.26. The molecule has 1 atom stereocenters. The molecule has 0 saturated heterocycles. The molecule has 0 unspecified atom stereocenters. The van der Waals surface area contributed by atoms with Gasteiger partial charge in [-0.1, -0.05) is 13.3 Å². The van der Waals surface area contributed by atoms with Crippen molar-refractivity contribution in [3.05, 3.63) is 12.3 Å². The van der Waals surface area contributed by atoms with Gasteiger partial charge in [-0.25, -0.2) is 9.78 Å². The first-order chi connectivity index (χ1) is 9.95. The smallest absolute Gasteiger partial charge is 0.420 e. The van der Waals surface area contributed by atoms with Gasteiger partial charge >= 0.3 is 6.09 Å². The van der Waals surface area contributed by atoms with Crippen LogP contribution in [0.2, 0.25) is 0 Å². The first-order valence-electron chi connectivity index (χ1n) is 6.54. The van der Waals surface area contributed by atoms with E-state index < -0.39 is 23.8 Å². The lowest BCUT2D eigenvalue weighted by molar-refractivity contribution is -0.121. The second-order valence-corrected chi connectivity index (χ2v) is 4.33. The minimum atomic E-state index is -1.08. The number of pyridine rings is 1. The SMILES string of the molecule is CCCCOc1ccnc(OC(=O)NC(=O)[C@H](C)N)c1O. The fourth-order valence-corrected chi connectivity index (χ4v) is 1.26. The molecule has 0 bridgehead atoms. The summed E-state index contributed by atoms with van der Waals surface area (Å²) in [6.45, 7) is 3.84. The van der Waals surface area contributed by atoms with Gasteiger partial charge in [-0.15, -0.1) is 0 Å². The Labute approximate surface area is 122 Å². The molecule has 0 aliphatic rings. The zero-order chi connectivity index (χ0) is 15.8. The molecule has 0 aliphatic heterocycles. The minimum Gasteiger partial charge on any atom is -0.501 e. The molecule has 0 saturated carbocycles. The zero-order valence-corrected chi connectivity index (χ0v) is 12.0. The zero-order valence-electron chi connectivity index (χ0n) is 12.0. The van der Waals surface area contributed by atoms with Gasteiger partial charge in [-0.3, -0.25) is 10.1 Å². The molecule has 1 heterocycles. The Hall–Kier alpha value is -2.35. The quantitative estimate of drug-likeness (QED) is 0.667. The summed E-state index contributed by atoms with van der Waals surface area (Å²) < 4.78 is 10.1. The van der Waals surface area contributed by atoms with Crippen molar-refractivity contribution in [3.63, 3.8) is 0 Å². The second kappa shape index (κ2) is 8.05. The molecule has 2 amide bonds. The summed E-state index contributed by atoms with van der Waals surface area (Å²) in [5, 5.41) is 11.8. The van der Waals surface area contributed by atoms with Crippen LogP contribution >= 0.6 is 0 Å². The number of aromatic hydroxyl groups is 1. The van der Waals surface area contributed by atoms with Crippen LogP contribution < -0.4 is 20.5 Å². The number of nitrogens with two attached hydrogens (primary N) is 1. The molecule has 0 fully saturated rings. The molecule has 8 heteroatoms. The van der Waals surface area contributed by atoms with Crippen molar-refractivity contribution in [3.8, 4) is 17.4 Å². The van der Waals surface area contributed by atoms with Gasteiger partial charge in [0.1, 0.15) is 0 Å². The van der Waals surface area contributed by atoms with Gasteiger partial charge in [-0.05, 0) is 13.3 Å².